The Morgan fingerprint density at radius 1 is 1.23 bits per heavy atom. The molecule has 1 atom stereocenters. The summed E-state index contributed by atoms with van der Waals surface area (Å²) in [6.07, 6.45) is 2.74. The minimum absolute atomic E-state index is 0.192. The summed E-state index contributed by atoms with van der Waals surface area (Å²) in [4.78, 5) is 4.54. The van der Waals surface area contributed by atoms with Gasteiger partial charge in [0.05, 0.1) is 5.60 Å². The Kier molecular flexibility index (Phi) is 4.66. The van der Waals surface area contributed by atoms with Gasteiger partial charge < -0.3 is 20.2 Å². The van der Waals surface area contributed by atoms with Crippen LogP contribution in [0.5, 0.6) is 0 Å². The van der Waals surface area contributed by atoms with Gasteiger partial charge in [-0.15, -0.1) is 0 Å². The number of hydrogen-bond acceptors (Lipinski definition) is 4. The largest absolute Gasteiger partial charge is 0.388 e. The molecule has 0 aromatic heterocycles. The number of nitrogens with one attached hydrogen (secondary N) is 1. The second kappa shape index (κ2) is 6.52. The summed E-state index contributed by atoms with van der Waals surface area (Å²) < 4.78 is 13.0. The predicted molar refractivity (Wildman–Crippen MR) is 86.7 cm³/mol. The fraction of sp³-hybridized carbons (Fsp3) is 0.647. The van der Waals surface area contributed by atoms with Gasteiger partial charge in [0.2, 0.25) is 0 Å². The molecule has 0 radical (unpaired) electrons. The first-order chi connectivity index (χ1) is 10.5. The van der Waals surface area contributed by atoms with Crippen molar-refractivity contribution in [3.05, 3.63) is 30.1 Å². The summed E-state index contributed by atoms with van der Waals surface area (Å²) in [6, 6.07) is 7.09. The molecule has 1 aromatic carbocycles. The van der Waals surface area contributed by atoms with Crippen molar-refractivity contribution in [2.75, 3.05) is 44.7 Å². The van der Waals surface area contributed by atoms with Gasteiger partial charge in [0.15, 0.2) is 0 Å². The van der Waals surface area contributed by atoms with E-state index in [0.717, 1.165) is 51.1 Å². The standard InChI is InChI=1S/C17H26FN3O/c1-20-10-7-17(22,8-11-20)13-19-15-6-9-21(12-15)16-4-2-14(18)3-5-16/h2-5,15,19,22H,6-13H2,1H3. The predicted octanol–water partition coefficient (Wildman–Crippen LogP) is 1.45. The van der Waals surface area contributed by atoms with Gasteiger partial charge in [-0.1, -0.05) is 0 Å². The zero-order chi connectivity index (χ0) is 15.6. The van der Waals surface area contributed by atoms with Gasteiger partial charge in [0.1, 0.15) is 5.82 Å². The first kappa shape index (κ1) is 15.7. The van der Waals surface area contributed by atoms with Crippen LogP contribution in [0.2, 0.25) is 0 Å². The molecule has 2 fully saturated rings. The van der Waals surface area contributed by atoms with Crippen LogP contribution in [0.15, 0.2) is 24.3 Å². The second-order valence-electron chi connectivity index (χ2n) is 6.82. The highest BCUT2D eigenvalue weighted by Gasteiger charge is 2.32. The highest BCUT2D eigenvalue weighted by atomic mass is 19.1. The molecule has 2 N–H and O–H groups in total. The zero-order valence-corrected chi connectivity index (χ0v) is 13.3. The third-order valence-corrected chi connectivity index (χ3v) is 5.02. The summed E-state index contributed by atoms with van der Waals surface area (Å²) in [5, 5.41) is 14.2. The first-order valence-corrected chi connectivity index (χ1v) is 8.19. The van der Waals surface area contributed by atoms with Gasteiger partial charge in [-0.3, -0.25) is 0 Å². The molecule has 1 aromatic rings. The van der Waals surface area contributed by atoms with E-state index in [0.29, 0.717) is 12.6 Å². The van der Waals surface area contributed by atoms with E-state index < -0.39 is 5.60 Å². The summed E-state index contributed by atoms with van der Waals surface area (Å²) in [7, 11) is 2.10. The van der Waals surface area contributed by atoms with E-state index in [-0.39, 0.29) is 5.82 Å². The number of piperidine rings is 1. The number of nitrogens with zero attached hydrogens (tertiary/aromatic N) is 2. The number of aliphatic hydroxyl groups is 1. The van der Waals surface area contributed by atoms with Crippen molar-refractivity contribution >= 4 is 5.69 Å². The molecular formula is C17H26FN3O. The number of hydrogen-bond donors (Lipinski definition) is 2. The van der Waals surface area contributed by atoms with Crippen molar-refractivity contribution in [2.24, 2.45) is 0 Å². The van der Waals surface area contributed by atoms with Crippen molar-refractivity contribution in [1.82, 2.24) is 10.2 Å². The highest BCUT2D eigenvalue weighted by molar-refractivity contribution is 5.47. The lowest BCUT2D eigenvalue weighted by Gasteiger charge is -2.37. The Morgan fingerprint density at radius 2 is 1.91 bits per heavy atom. The van der Waals surface area contributed by atoms with E-state index in [9.17, 15) is 9.50 Å². The monoisotopic (exact) mass is 307 g/mol. The topological polar surface area (TPSA) is 38.7 Å². The van der Waals surface area contributed by atoms with Crippen LogP contribution in [0.3, 0.4) is 0 Å². The lowest BCUT2D eigenvalue weighted by Crippen LogP contribution is -2.51. The molecule has 1 unspecified atom stereocenters. The van der Waals surface area contributed by atoms with Gasteiger partial charge >= 0.3 is 0 Å². The molecule has 0 amide bonds. The molecule has 0 spiro atoms. The SMILES string of the molecule is CN1CCC(O)(CNC2CCN(c3ccc(F)cc3)C2)CC1. The Labute approximate surface area is 131 Å². The molecule has 0 saturated carbocycles. The molecular weight excluding hydrogens is 281 g/mol. The first-order valence-electron chi connectivity index (χ1n) is 8.19. The summed E-state index contributed by atoms with van der Waals surface area (Å²) in [5.74, 6) is -0.192. The maximum absolute atomic E-state index is 13.0. The Morgan fingerprint density at radius 3 is 2.59 bits per heavy atom. The van der Waals surface area contributed by atoms with Crippen molar-refractivity contribution in [2.45, 2.75) is 30.9 Å². The van der Waals surface area contributed by atoms with Gasteiger partial charge in [0, 0.05) is 44.5 Å². The second-order valence-corrected chi connectivity index (χ2v) is 6.82. The molecule has 0 aliphatic carbocycles. The van der Waals surface area contributed by atoms with Gasteiger partial charge in [-0.2, -0.15) is 0 Å². The summed E-state index contributed by atoms with van der Waals surface area (Å²) in [5.41, 5.74) is 0.513. The third-order valence-electron chi connectivity index (χ3n) is 5.02. The maximum atomic E-state index is 13.0. The molecule has 5 heteroatoms. The number of anilines is 1. The van der Waals surface area contributed by atoms with E-state index in [2.05, 4.69) is 22.2 Å². The fourth-order valence-corrected chi connectivity index (χ4v) is 3.36. The van der Waals surface area contributed by atoms with Crippen molar-refractivity contribution in [3.63, 3.8) is 0 Å². The quantitative estimate of drug-likeness (QED) is 0.883. The van der Waals surface area contributed by atoms with Crippen molar-refractivity contribution < 1.29 is 9.50 Å². The minimum Gasteiger partial charge on any atom is -0.388 e. The fourth-order valence-electron chi connectivity index (χ4n) is 3.36. The molecule has 2 aliphatic rings. The number of rotatable bonds is 4. The Hall–Kier alpha value is -1.17. The maximum Gasteiger partial charge on any atom is 0.123 e. The molecule has 2 aliphatic heterocycles. The smallest absolute Gasteiger partial charge is 0.123 e. The molecule has 3 rings (SSSR count). The molecule has 4 nitrogen and oxygen atoms in total. The van der Waals surface area contributed by atoms with E-state index in [1.54, 1.807) is 0 Å². The average Bonchev–Trinajstić information content (AvgIpc) is 2.99. The highest BCUT2D eigenvalue weighted by Crippen LogP contribution is 2.23. The van der Waals surface area contributed by atoms with E-state index in [1.165, 1.54) is 12.1 Å². The third kappa shape index (κ3) is 3.77. The van der Waals surface area contributed by atoms with Crippen LogP contribution in [0.25, 0.3) is 0 Å². The Balaban J connectivity index is 1.48. The molecule has 22 heavy (non-hydrogen) atoms. The molecule has 0 bridgehead atoms. The van der Waals surface area contributed by atoms with E-state index in [4.69, 9.17) is 0 Å². The van der Waals surface area contributed by atoms with Gasteiger partial charge in [0.25, 0.3) is 0 Å². The minimum atomic E-state index is -0.560. The Bertz CT molecular complexity index is 485. The van der Waals surface area contributed by atoms with Crippen LogP contribution in [0.4, 0.5) is 10.1 Å². The average molecular weight is 307 g/mol. The lowest BCUT2D eigenvalue weighted by molar-refractivity contribution is -0.0158. The van der Waals surface area contributed by atoms with Crippen LogP contribution >= 0.6 is 0 Å². The zero-order valence-electron chi connectivity index (χ0n) is 13.3. The van der Waals surface area contributed by atoms with Gasteiger partial charge in [-0.05, 0) is 50.6 Å². The van der Waals surface area contributed by atoms with Crippen LogP contribution < -0.4 is 10.2 Å². The number of halogens is 1. The summed E-state index contributed by atoms with van der Waals surface area (Å²) in [6.45, 7) is 4.49. The molecule has 122 valence electrons. The molecule has 2 heterocycles. The van der Waals surface area contributed by atoms with Gasteiger partial charge in [-0.25, -0.2) is 4.39 Å². The van der Waals surface area contributed by atoms with Crippen LogP contribution in [-0.2, 0) is 0 Å². The van der Waals surface area contributed by atoms with Crippen molar-refractivity contribution in [3.8, 4) is 0 Å². The molecule has 2 saturated heterocycles. The van der Waals surface area contributed by atoms with Crippen molar-refractivity contribution in [1.29, 1.82) is 0 Å². The summed E-state index contributed by atoms with van der Waals surface area (Å²) >= 11 is 0. The normalized spacial score (nSPS) is 25.6. The van der Waals surface area contributed by atoms with E-state index in [1.807, 2.05) is 12.1 Å². The van der Waals surface area contributed by atoms with Crippen LogP contribution in [0, 0.1) is 5.82 Å². The number of benzene rings is 1. The lowest BCUT2D eigenvalue weighted by atomic mass is 9.91. The van der Waals surface area contributed by atoms with E-state index >= 15 is 0 Å². The number of likely N-dealkylation sites (tertiary alicyclic amines) is 1. The van der Waals surface area contributed by atoms with Crippen LogP contribution in [0.1, 0.15) is 19.3 Å². The van der Waals surface area contributed by atoms with Crippen LogP contribution in [-0.4, -0.2) is 61.4 Å².